The molecule has 7 heteroatoms. The first-order valence-electron chi connectivity index (χ1n) is 6.26. The van der Waals surface area contributed by atoms with Crippen LogP contribution in [0.3, 0.4) is 0 Å². The number of carbonyl (C=O) groups excluding carboxylic acids is 1. The summed E-state index contributed by atoms with van der Waals surface area (Å²) in [4.78, 5) is 15.5. The van der Waals surface area contributed by atoms with Gasteiger partial charge in [-0.25, -0.2) is 13.4 Å². The molecule has 1 aliphatic rings. The molecule has 0 aromatic carbocycles. The highest BCUT2D eigenvalue weighted by molar-refractivity contribution is 7.91. The molecule has 1 aromatic rings. The van der Waals surface area contributed by atoms with E-state index in [0.717, 1.165) is 12.8 Å². The van der Waals surface area contributed by atoms with Gasteiger partial charge in [0.2, 0.25) is 11.8 Å². The van der Waals surface area contributed by atoms with Crippen LogP contribution in [0.5, 0.6) is 0 Å². The fraction of sp³-hybridized carbons (Fsp3) is 0.667. The van der Waals surface area contributed by atoms with Crippen molar-refractivity contribution < 1.29 is 17.6 Å². The summed E-state index contributed by atoms with van der Waals surface area (Å²) in [6.07, 6.45) is 2.23. The van der Waals surface area contributed by atoms with Crippen molar-refractivity contribution in [2.24, 2.45) is 5.92 Å². The number of rotatable bonds is 6. The van der Waals surface area contributed by atoms with Crippen LogP contribution in [-0.4, -0.2) is 31.6 Å². The van der Waals surface area contributed by atoms with E-state index in [1.54, 1.807) is 13.8 Å². The quantitative estimate of drug-likeness (QED) is 0.832. The minimum atomic E-state index is -3.53. The summed E-state index contributed by atoms with van der Waals surface area (Å²) in [7, 11) is -3.53. The summed E-state index contributed by atoms with van der Waals surface area (Å²) in [5.41, 5.74) is 0.670. The van der Waals surface area contributed by atoms with Crippen LogP contribution in [0, 0.1) is 19.8 Å². The number of carbonyl (C=O) groups is 1. The number of nitrogens with zero attached hydrogens (tertiary/aromatic N) is 1. The van der Waals surface area contributed by atoms with Gasteiger partial charge in [-0.3, -0.25) is 4.79 Å². The van der Waals surface area contributed by atoms with Gasteiger partial charge >= 0.3 is 0 Å². The maximum absolute atomic E-state index is 11.8. The van der Waals surface area contributed by atoms with Gasteiger partial charge in [0.05, 0.1) is 5.69 Å². The van der Waals surface area contributed by atoms with Crippen molar-refractivity contribution in [2.75, 3.05) is 12.3 Å². The van der Waals surface area contributed by atoms with Crippen molar-refractivity contribution in [3.8, 4) is 0 Å². The van der Waals surface area contributed by atoms with Gasteiger partial charge in [0.15, 0.2) is 9.84 Å². The predicted octanol–water partition coefficient (Wildman–Crippen LogP) is 0.732. The van der Waals surface area contributed by atoms with E-state index in [9.17, 15) is 13.2 Å². The third kappa shape index (κ3) is 4.34. The average Bonchev–Trinajstić information content (AvgIpc) is 3.03. The van der Waals surface area contributed by atoms with Gasteiger partial charge in [0.1, 0.15) is 17.3 Å². The summed E-state index contributed by atoms with van der Waals surface area (Å²) < 4.78 is 28.9. The van der Waals surface area contributed by atoms with Gasteiger partial charge in [-0.05, 0) is 32.6 Å². The largest absolute Gasteiger partial charge is 0.445 e. The van der Waals surface area contributed by atoms with Crippen LogP contribution in [0.2, 0.25) is 0 Å². The Bertz CT molecular complexity index is 553. The summed E-state index contributed by atoms with van der Waals surface area (Å²) in [6, 6.07) is 0. The molecule has 2 rings (SSSR count). The lowest BCUT2D eigenvalue weighted by Crippen LogP contribution is -2.32. The van der Waals surface area contributed by atoms with E-state index in [1.807, 2.05) is 0 Å². The van der Waals surface area contributed by atoms with Crippen LogP contribution < -0.4 is 5.32 Å². The number of amides is 1. The minimum Gasteiger partial charge on any atom is -0.445 e. The summed E-state index contributed by atoms with van der Waals surface area (Å²) in [5, 5.41) is 2.63. The molecule has 0 spiro atoms. The number of nitrogens with one attached hydrogen (secondary N) is 1. The van der Waals surface area contributed by atoms with E-state index >= 15 is 0 Å². The zero-order valence-corrected chi connectivity index (χ0v) is 11.9. The third-order valence-corrected chi connectivity index (χ3v) is 4.44. The Kier molecular flexibility index (Phi) is 3.93. The lowest BCUT2D eigenvalue weighted by molar-refractivity contribution is -0.118. The topological polar surface area (TPSA) is 89.3 Å². The molecule has 1 N–H and O–H groups in total. The lowest BCUT2D eigenvalue weighted by atomic mass is 10.4. The Morgan fingerprint density at radius 1 is 1.42 bits per heavy atom. The second kappa shape index (κ2) is 5.32. The van der Waals surface area contributed by atoms with E-state index < -0.39 is 21.5 Å². The van der Waals surface area contributed by atoms with Crippen molar-refractivity contribution in [2.45, 2.75) is 32.4 Å². The summed E-state index contributed by atoms with van der Waals surface area (Å²) in [6.45, 7) is 4.05. The first kappa shape index (κ1) is 14.0. The minimum absolute atomic E-state index is 0.144. The molecule has 0 atom stereocenters. The molecule has 106 valence electrons. The molecular weight excluding hydrogens is 268 g/mol. The molecule has 1 aromatic heterocycles. The van der Waals surface area contributed by atoms with E-state index in [1.165, 1.54) is 0 Å². The zero-order valence-electron chi connectivity index (χ0n) is 11.1. The molecule has 1 amide bonds. The van der Waals surface area contributed by atoms with Crippen molar-refractivity contribution in [3.63, 3.8) is 0 Å². The highest BCUT2D eigenvalue weighted by Crippen LogP contribution is 2.27. The Labute approximate surface area is 112 Å². The fourth-order valence-corrected chi connectivity index (χ4v) is 2.77. The summed E-state index contributed by atoms with van der Waals surface area (Å²) in [5.74, 6) is -0.0254. The molecule has 1 fully saturated rings. The molecule has 19 heavy (non-hydrogen) atoms. The molecule has 0 bridgehead atoms. The third-order valence-electron chi connectivity index (χ3n) is 3.05. The highest BCUT2D eigenvalue weighted by atomic mass is 32.2. The van der Waals surface area contributed by atoms with Crippen LogP contribution in [0.25, 0.3) is 0 Å². The normalized spacial score (nSPS) is 15.5. The number of aromatic nitrogens is 1. The van der Waals surface area contributed by atoms with Gasteiger partial charge < -0.3 is 9.73 Å². The number of aryl methyl sites for hydroxylation is 2. The van der Waals surface area contributed by atoms with E-state index in [-0.39, 0.29) is 11.6 Å². The molecule has 0 aliphatic heterocycles. The molecule has 0 saturated heterocycles. The van der Waals surface area contributed by atoms with Crippen LogP contribution in [0.4, 0.5) is 0 Å². The number of hydrogen-bond donors (Lipinski definition) is 1. The van der Waals surface area contributed by atoms with E-state index in [4.69, 9.17) is 4.42 Å². The zero-order chi connectivity index (χ0) is 14.0. The van der Waals surface area contributed by atoms with Gasteiger partial charge in [0, 0.05) is 6.54 Å². The first-order chi connectivity index (χ1) is 8.85. The Balaban J connectivity index is 1.88. The summed E-state index contributed by atoms with van der Waals surface area (Å²) >= 11 is 0. The number of hydrogen-bond acceptors (Lipinski definition) is 5. The molecule has 6 nitrogen and oxygen atoms in total. The number of sulfone groups is 1. The first-order valence-corrected chi connectivity index (χ1v) is 8.08. The van der Waals surface area contributed by atoms with Crippen LogP contribution in [0.1, 0.15) is 30.2 Å². The smallest absolute Gasteiger partial charge is 0.235 e. The van der Waals surface area contributed by atoms with Crippen molar-refractivity contribution in [3.05, 3.63) is 17.3 Å². The second-order valence-corrected chi connectivity index (χ2v) is 7.09. The average molecular weight is 286 g/mol. The van der Waals surface area contributed by atoms with Gasteiger partial charge in [0.25, 0.3) is 0 Å². The van der Waals surface area contributed by atoms with Gasteiger partial charge in [-0.1, -0.05) is 0 Å². The molecular formula is C12H18N2O4S. The van der Waals surface area contributed by atoms with Gasteiger partial charge in [-0.2, -0.15) is 0 Å². The highest BCUT2D eigenvalue weighted by Gasteiger charge is 2.24. The van der Waals surface area contributed by atoms with E-state index in [0.29, 0.717) is 23.9 Å². The van der Waals surface area contributed by atoms with Crippen molar-refractivity contribution in [1.82, 2.24) is 10.3 Å². The van der Waals surface area contributed by atoms with Crippen molar-refractivity contribution >= 4 is 15.7 Å². The van der Waals surface area contributed by atoms with Crippen LogP contribution >= 0.6 is 0 Å². The molecule has 1 heterocycles. The Morgan fingerprint density at radius 2 is 2.11 bits per heavy atom. The molecule has 0 unspecified atom stereocenters. The van der Waals surface area contributed by atoms with Crippen LogP contribution in [-0.2, 0) is 20.4 Å². The predicted molar refractivity (Wildman–Crippen MR) is 69.2 cm³/mol. The molecule has 0 radical (unpaired) electrons. The second-order valence-electron chi connectivity index (χ2n) is 5.03. The lowest BCUT2D eigenvalue weighted by Gasteiger charge is -2.04. The maximum atomic E-state index is 11.8. The monoisotopic (exact) mass is 286 g/mol. The fourth-order valence-electron chi connectivity index (χ4n) is 1.67. The Hall–Kier alpha value is -1.37. The van der Waals surface area contributed by atoms with E-state index in [2.05, 4.69) is 10.3 Å². The molecule has 1 saturated carbocycles. The maximum Gasteiger partial charge on any atom is 0.235 e. The standard InChI is InChI=1S/C12H18N2O4S/c1-8-9(2)18-12(14-8)7-19(16,17)6-11(15)13-5-10-3-4-10/h10H,3-7H2,1-2H3,(H,13,15). The SMILES string of the molecule is Cc1nc(CS(=O)(=O)CC(=O)NCC2CC2)oc1C. The number of oxazole rings is 1. The molecule has 1 aliphatic carbocycles. The van der Waals surface area contributed by atoms with Gasteiger partial charge in [-0.15, -0.1) is 0 Å². The van der Waals surface area contributed by atoms with Crippen LogP contribution in [0.15, 0.2) is 4.42 Å². The Morgan fingerprint density at radius 3 is 2.63 bits per heavy atom. The van der Waals surface area contributed by atoms with Crippen molar-refractivity contribution in [1.29, 1.82) is 0 Å².